The van der Waals surface area contributed by atoms with Crippen LogP contribution in [0.3, 0.4) is 0 Å². The summed E-state index contributed by atoms with van der Waals surface area (Å²) in [7, 11) is -3.53. The lowest BCUT2D eigenvalue weighted by molar-refractivity contribution is 0.605. The Kier molecular flexibility index (Phi) is 3.87. The van der Waals surface area contributed by atoms with Crippen LogP contribution >= 0.6 is 23.6 Å². The van der Waals surface area contributed by atoms with Gasteiger partial charge >= 0.3 is 0 Å². The van der Waals surface area contributed by atoms with Crippen LogP contribution in [0.15, 0.2) is 35.4 Å². The third-order valence-corrected chi connectivity index (χ3v) is 6.04. The predicted octanol–water partition coefficient (Wildman–Crippen LogP) is 1.82. The Bertz CT molecular complexity index is 823. The van der Waals surface area contributed by atoms with Gasteiger partial charge in [0, 0.05) is 6.54 Å². The summed E-state index contributed by atoms with van der Waals surface area (Å²) in [6.07, 6.45) is 0. The zero-order valence-corrected chi connectivity index (χ0v) is 13.3. The van der Waals surface area contributed by atoms with Crippen molar-refractivity contribution in [2.24, 2.45) is 5.10 Å². The molecule has 3 rings (SSSR count). The van der Waals surface area contributed by atoms with Crippen molar-refractivity contribution in [2.45, 2.75) is 11.7 Å². The van der Waals surface area contributed by atoms with E-state index in [4.69, 9.17) is 12.2 Å². The molecular formula is C12H12N4O2S3. The lowest BCUT2D eigenvalue weighted by Crippen LogP contribution is -2.23. The van der Waals surface area contributed by atoms with E-state index in [1.807, 2.05) is 30.3 Å². The third-order valence-electron chi connectivity index (χ3n) is 3.10. The first kappa shape index (κ1) is 14.4. The number of nitrogens with zero attached hydrogens (tertiary/aromatic N) is 2. The Morgan fingerprint density at radius 1 is 1.33 bits per heavy atom. The number of hydrogen-bond acceptors (Lipinski definition) is 7. The van der Waals surface area contributed by atoms with Gasteiger partial charge in [-0.2, -0.15) is 10.2 Å². The molecular weight excluding hydrogens is 328 g/mol. The van der Waals surface area contributed by atoms with Crippen molar-refractivity contribution in [3.05, 3.63) is 44.9 Å². The van der Waals surface area contributed by atoms with Gasteiger partial charge in [0.2, 0.25) is 9.84 Å². The lowest BCUT2D eigenvalue weighted by Gasteiger charge is -2.11. The summed E-state index contributed by atoms with van der Waals surface area (Å²) in [5.41, 5.74) is 3.71. The summed E-state index contributed by atoms with van der Waals surface area (Å²) in [6.45, 7) is 0.481. The second kappa shape index (κ2) is 5.66. The Morgan fingerprint density at radius 3 is 2.76 bits per heavy atom. The average Bonchev–Trinajstić information content (AvgIpc) is 3.09. The summed E-state index contributed by atoms with van der Waals surface area (Å²) in [5, 5.41) is 11.1. The zero-order valence-electron chi connectivity index (χ0n) is 10.8. The van der Waals surface area contributed by atoms with Crippen LogP contribution in [-0.2, 0) is 15.6 Å². The molecule has 1 aliphatic rings. The molecule has 0 bridgehead atoms. The number of benzene rings is 1. The van der Waals surface area contributed by atoms with E-state index in [0.29, 0.717) is 15.5 Å². The number of hydrogen-bond donors (Lipinski definition) is 2. The maximum absolute atomic E-state index is 12.5. The minimum Gasteiger partial charge on any atom is -0.308 e. The largest absolute Gasteiger partial charge is 0.308 e. The van der Waals surface area contributed by atoms with E-state index in [1.54, 1.807) is 0 Å². The molecule has 0 spiro atoms. The van der Waals surface area contributed by atoms with Gasteiger partial charge < -0.3 is 5.43 Å². The smallest absolute Gasteiger partial charge is 0.200 e. The Labute approximate surface area is 130 Å². The molecule has 0 aliphatic carbocycles. The fourth-order valence-corrected chi connectivity index (χ4v) is 5.00. The number of nitrogens with one attached hydrogen (secondary N) is 2. The standard InChI is InChI=1S/C12H12N4O2S3/c17-21(18,7-10-14-16-12(19)20-10)11-9(6-13-15-11)8-4-2-1-3-5-8/h1-5,9,13H,6-7H2,(H,16,19)/t9-/m1/s1. The van der Waals surface area contributed by atoms with Crippen LogP contribution in [0.5, 0.6) is 0 Å². The molecule has 0 fully saturated rings. The second-order valence-corrected chi connectivity index (χ2v) is 8.23. The van der Waals surface area contributed by atoms with E-state index in [9.17, 15) is 8.42 Å². The molecule has 0 unspecified atom stereocenters. The van der Waals surface area contributed by atoms with Crippen LogP contribution < -0.4 is 5.43 Å². The highest BCUT2D eigenvalue weighted by Crippen LogP contribution is 2.25. The molecule has 1 atom stereocenters. The Hall–Kier alpha value is -1.58. The first-order valence-electron chi connectivity index (χ1n) is 6.19. The minimum atomic E-state index is -3.53. The van der Waals surface area contributed by atoms with Crippen LogP contribution in [0, 0.1) is 3.95 Å². The monoisotopic (exact) mass is 340 g/mol. The molecule has 0 radical (unpaired) electrons. The van der Waals surface area contributed by atoms with Crippen LogP contribution in [0.1, 0.15) is 16.5 Å². The van der Waals surface area contributed by atoms with Gasteiger partial charge in [0.1, 0.15) is 10.8 Å². The molecule has 6 nitrogen and oxygen atoms in total. The maximum Gasteiger partial charge on any atom is 0.200 e. The molecule has 0 saturated carbocycles. The summed E-state index contributed by atoms with van der Waals surface area (Å²) in [4.78, 5) is 0. The van der Waals surface area contributed by atoms with Crippen molar-refractivity contribution in [3.63, 3.8) is 0 Å². The maximum atomic E-state index is 12.5. The molecule has 2 N–H and O–H groups in total. The van der Waals surface area contributed by atoms with Crippen molar-refractivity contribution >= 4 is 38.4 Å². The average molecular weight is 340 g/mol. The van der Waals surface area contributed by atoms with Crippen LogP contribution in [-0.4, -0.2) is 30.2 Å². The van der Waals surface area contributed by atoms with Gasteiger partial charge in [0.05, 0.1) is 5.92 Å². The van der Waals surface area contributed by atoms with Crippen molar-refractivity contribution in [3.8, 4) is 0 Å². The number of aromatic nitrogens is 2. The molecule has 0 saturated heterocycles. The number of H-pyrrole nitrogens is 1. The van der Waals surface area contributed by atoms with E-state index in [2.05, 4.69) is 20.7 Å². The van der Waals surface area contributed by atoms with Gasteiger partial charge in [-0.15, -0.1) is 0 Å². The molecule has 110 valence electrons. The van der Waals surface area contributed by atoms with Crippen LogP contribution in [0.4, 0.5) is 0 Å². The fourth-order valence-electron chi connectivity index (χ4n) is 2.17. The number of rotatable bonds is 3. The normalized spacial score (nSPS) is 18.3. The quantitative estimate of drug-likeness (QED) is 0.832. The molecule has 9 heteroatoms. The molecule has 21 heavy (non-hydrogen) atoms. The molecule has 2 aromatic rings. The number of sulfone groups is 1. The lowest BCUT2D eigenvalue weighted by atomic mass is 10.0. The third kappa shape index (κ3) is 3.04. The Morgan fingerprint density at radius 2 is 2.10 bits per heavy atom. The highest BCUT2D eigenvalue weighted by atomic mass is 32.2. The first-order chi connectivity index (χ1) is 10.1. The van der Waals surface area contributed by atoms with Gasteiger partial charge in [-0.3, -0.25) is 5.10 Å². The molecule has 1 aliphatic heterocycles. The first-order valence-corrected chi connectivity index (χ1v) is 9.06. The fraction of sp³-hybridized carbons (Fsp3) is 0.250. The summed E-state index contributed by atoms with van der Waals surface area (Å²) in [5.74, 6) is -0.447. The van der Waals surface area contributed by atoms with E-state index in [-0.39, 0.29) is 16.7 Å². The van der Waals surface area contributed by atoms with E-state index >= 15 is 0 Å². The summed E-state index contributed by atoms with van der Waals surface area (Å²) >= 11 is 6.08. The zero-order chi connectivity index (χ0) is 14.9. The van der Waals surface area contributed by atoms with Gasteiger partial charge in [0.25, 0.3) is 0 Å². The van der Waals surface area contributed by atoms with Gasteiger partial charge in [-0.1, -0.05) is 41.7 Å². The Balaban J connectivity index is 1.89. The topological polar surface area (TPSA) is 87.2 Å². The van der Waals surface area contributed by atoms with Crippen molar-refractivity contribution in [2.75, 3.05) is 6.54 Å². The molecule has 1 aromatic carbocycles. The minimum absolute atomic E-state index is 0.162. The van der Waals surface area contributed by atoms with Crippen LogP contribution in [0.25, 0.3) is 0 Å². The van der Waals surface area contributed by atoms with Gasteiger partial charge in [-0.05, 0) is 17.8 Å². The predicted molar refractivity (Wildman–Crippen MR) is 84.5 cm³/mol. The molecule has 0 amide bonds. The van der Waals surface area contributed by atoms with Crippen molar-refractivity contribution < 1.29 is 8.42 Å². The molecule has 2 heterocycles. The van der Waals surface area contributed by atoms with Gasteiger partial charge in [0.15, 0.2) is 9.00 Å². The van der Waals surface area contributed by atoms with E-state index < -0.39 is 9.84 Å². The van der Waals surface area contributed by atoms with E-state index in [1.165, 1.54) is 0 Å². The van der Waals surface area contributed by atoms with Gasteiger partial charge in [-0.25, -0.2) is 8.42 Å². The summed E-state index contributed by atoms with van der Waals surface area (Å²) in [6, 6.07) is 9.48. The second-order valence-electron chi connectivity index (χ2n) is 4.54. The van der Waals surface area contributed by atoms with Crippen molar-refractivity contribution in [1.29, 1.82) is 0 Å². The van der Waals surface area contributed by atoms with E-state index in [0.717, 1.165) is 16.9 Å². The van der Waals surface area contributed by atoms with Crippen molar-refractivity contribution in [1.82, 2.24) is 15.6 Å². The number of aromatic amines is 1. The summed E-state index contributed by atoms with van der Waals surface area (Å²) < 4.78 is 25.6. The highest BCUT2D eigenvalue weighted by molar-refractivity contribution is 8.05. The van der Waals surface area contributed by atoms with Crippen LogP contribution in [0.2, 0.25) is 0 Å². The highest BCUT2D eigenvalue weighted by Gasteiger charge is 2.34. The number of hydrazone groups is 1. The SMILES string of the molecule is O=S(=O)(Cc1n[nH]c(=S)s1)C1=NNC[C@@H]1c1ccccc1. The molecule has 1 aromatic heterocycles.